The zero-order chi connectivity index (χ0) is 18.1. The highest BCUT2D eigenvalue weighted by Gasteiger charge is 2.33. The van der Waals surface area contributed by atoms with E-state index in [2.05, 4.69) is 0 Å². The Morgan fingerprint density at radius 3 is 2.52 bits per heavy atom. The lowest BCUT2D eigenvalue weighted by Crippen LogP contribution is -2.27. The summed E-state index contributed by atoms with van der Waals surface area (Å²) in [5, 5.41) is 10.6. The summed E-state index contributed by atoms with van der Waals surface area (Å²) in [4.78, 5) is 24.4. The lowest BCUT2D eigenvalue weighted by atomic mass is 10.2. The molecule has 0 unspecified atom stereocenters. The minimum Gasteiger partial charge on any atom is -0.268 e. The van der Waals surface area contributed by atoms with Crippen LogP contribution in [-0.4, -0.2) is 15.2 Å². The van der Waals surface area contributed by atoms with Crippen LogP contribution in [0.2, 0.25) is 5.02 Å². The van der Waals surface area contributed by atoms with Crippen LogP contribution in [0.15, 0.2) is 47.4 Å². The van der Waals surface area contributed by atoms with Crippen molar-refractivity contribution in [3.05, 3.63) is 73.9 Å². The molecule has 1 aliphatic heterocycles. The Labute approximate surface area is 156 Å². The van der Waals surface area contributed by atoms with Crippen molar-refractivity contribution in [1.82, 2.24) is 0 Å². The minimum atomic E-state index is -0.586. The van der Waals surface area contributed by atoms with Gasteiger partial charge < -0.3 is 0 Å². The molecule has 1 aliphatic rings. The lowest BCUT2D eigenvalue weighted by Gasteiger charge is -2.14. The number of thioether (sulfide) groups is 1. The molecule has 1 heterocycles. The fourth-order valence-corrected chi connectivity index (χ4v) is 3.63. The second kappa shape index (κ2) is 6.91. The van der Waals surface area contributed by atoms with Gasteiger partial charge in [0.05, 0.1) is 20.5 Å². The van der Waals surface area contributed by atoms with E-state index in [1.54, 1.807) is 18.2 Å². The van der Waals surface area contributed by atoms with Gasteiger partial charge in [0.2, 0.25) is 0 Å². The van der Waals surface area contributed by atoms with Crippen LogP contribution in [0, 0.1) is 15.9 Å². The number of amides is 1. The van der Waals surface area contributed by atoms with E-state index in [1.807, 2.05) is 0 Å². The molecule has 0 aromatic heterocycles. The van der Waals surface area contributed by atoms with Gasteiger partial charge in [-0.25, -0.2) is 4.39 Å². The first kappa shape index (κ1) is 17.5. The molecule has 1 amide bonds. The number of thiocarbonyl (C=S) groups is 1. The van der Waals surface area contributed by atoms with Gasteiger partial charge >= 0.3 is 0 Å². The largest absolute Gasteiger partial charge is 0.270 e. The van der Waals surface area contributed by atoms with Crippen LogP contribution in [0.1, 0.15) is 5.56 Å². The highest BCUT2D eigenvalue weighted by molar-refractivity contribution is 8.27. The van der Waals surface area contributed by atoms with E-state index in [1.165, 1.54) is 29.2 Å². The molecule has 3 rings (SSSR count). The molecule has 25 heavy (non-hydrogen) atoms. The number of halogens is 2. The van der Waals surface area contributed by atoms with Gasteiger partial charge in [-0.15, -0.1) is 0 Å². The number of non-ortho nitro benzene ring substituents is 1. The quantitative estimate of drug-likeness (QED) is 0.324. The molecule has 0 aliphatic carbocycles. The maximum absolute atomic E-state index is 13.3. The molecule has 1 saturated heterocycles. The number of anilines is 1. The standard InChI is InChI=1S/C16H8ClFN2O3S2/c17-12-8-11(5-6-13(12)18)19-15(21)14(25-16(19)24)7-9-1-3-10(4-2-9)20(22)23/h1-8H. The highest BCUT2D eigenvalue weighted by atomic mass is 35.5. The predicted molar refractivity (Wildman–Crippen MR) is 100 cm³/mol. The lowest BCUT2D eigenvalue weighted by molar-refractivity contribution is -0.384. The zero-order valence-electron chi connectivity index (χ0n) is 12.3. The van der Waals surface area contributed by atoms with E-state index in [0.717, 1.165) is 17.8 Å². The third-order valence-corrected chi connectivity index (χ3v) is 4.95. The molecule has 2 aromatic carbocycles. The normalized spacial score (nSPS) is 15.9. The SMILES string of the molecule is O=C1C(=Cc2ccc([N+](=O)[O-])cc2)SC(=S)N1c1ccc(F)c(Cl)c1. The topological polar surface area (TPSA) is 63.4 Å². The van der Waals surface area contributed by atoms with Crippen LogP contribution in [-0.2, 0) is 4.79 Å². The number of hydrogen-bond donors (Lipinski definition) is 0. The maximum Gasteiger partial charge on any atom is 0.270 e. The smallest absolute Gasteiger partial charge is 0.268 e. The summed E-state index contributed by atoms with van der Waals surface area (Å²) < 4.78 is 13.6. The number of carbonyl (C=O) groups is 1. The van der Waals surface area contributed by atoms with Crippen molar-refractivity contribution in [3.8, 4) is 0 Å². The fourth-order valence-electron chi connectivity index (χ4n) is 2.16. The number of nitro groups is 1. The van der Waals surface area contributed by atoms with Gasteiger partial charge in [-0.2, -0.15) is 0 Å². The van der Waals surface area contributed by atoms with Gasteiger partial charge in [0.1, 0.15) is 5.82 Å². The Morgan fingerprint density at radius 2 is 1.92 bits per heavy atom. The number of carbonyl (C=O) groups excluding carboxylic acids is 1. The Kier molecular flexibility index (Phi) is 4.85. The third-order valence-electron chi connectivity index (χ3n) is 3.36. The second-order valence-electron chi connectivity index (χ2n) is 4.96. The van der Waals surface area contributed by atoms with Crippen LogP contribution < -0.4 is 4.90 Å². The van der Waals surface area contributed by atoms with Gasteiger partial charge in [-0.3, -0.25) is 19.8 Å². The average molecular weight is 395 g/mol. The summed E-state index contributed by atoms with van der Waals surface area (Å²) in [6.07, 6.45) is 1.59. The molecule has 0 atom stereocenters. The van der Waals surface area contributed by atoms with Crippen LogP contribution in [0.4, 0.5) is 15.8 Å². The van der Waals surface area contributed by atoms with Crippen molar-refractivity contribution in [3.63, 3.8) is 0 Å². The first-order chi connectivity index (χ1) is 11.9. The first-order valence-corrected chi connectivity index (χ1v) is 8.44. The summed E-state index contributed by atoms with van der Waals surface area (Å²) in [6, 6.07) is 9.70. The third kappa shape index (κ3) is 3.55. The van der Waals surface area contributed by atoms with Crippen molar-refractivity contribution in [2.24, 2.45) is 0 Å². The van der Waals surface area contributed by atoms with E-state index in [0.29, 0.717) is 20.5 Å². The van der Waals surface area contributed by atoms with E-state index >= 15 is 0 Å². The summed E-state index contributed by atoms with van der Waals surface area (Å²) in [7, 11) is 0. The van der Waals surface area contributed by atoms with E-state index in [4.69, 9.17) is 23.8 Å². The van der Waals surface area contributed by atoms with Crippen LogP contribution in [0.5, 0.6) is 0 Å². The molecule has 5 nitrogen and oxygen atoms in total. The molecule has 9 heteroatoms. The van der Waals surface area contributed by atoms with Gasteiger partial charge in [-0.05, 0) is 42.0 Å². The van der Waals surface area contributed by atoms with E-state index in [9.17, 15) is 19.3 Å². The Balaban J connectivity index is 1.90. The molecule has 0 radical (unpaired) electrons. The first-order valence-electron chi connectivity index (χ1n) is 6.84. The fraction of sp³-hybridized carbons (Fsp3) is 0. The van der Waals surface area contributed by atoms with Gasteiger partial charge in [0.15, 0.2) is 4.32 Å². The minimum absolute atomic E-state index is 0.0364. The van der Waals surface area contributed by atoms with E-state index in [-0.39, 0.29) is 16.6 Å². The van der Waals surface area contributed by atoms with Crippen LogP contribution in [0.3, 0.4) is 0 Å². The van der Waals surface area contributed by atoms with Gasteiger partial charge in [-0.1, -0.05) is 35.6 Å². The summed E-state index contributed by atoms with van der Waals surface area (Å²) in [5.74, 6) is -0.951. The molecular weight excluding hydrogens is 387 g/mol. The average Bonchev–Trinajstić information content (AvgIpc) is 2.85. The van der Waals surface area contributed by atoms with Gasteiger partial charge in [0.25, 0.3) is 11.6 Å². The molecule has 126 valence electrons. The summed E-state index contributed by atoms with van der Waals surface area (Å²) in [6.45, 7) is 0. The van der Waals surface area contributed by atoms with Crippen LogP contribution >= 0.6 is 35.6 Å². The van der Waals surface area contributed by atoms with Gasteiger partial charge in [0, 0.05) is 12.1 Å². The molecule has 1 fully saturated rings. The zero-order valence-corrected chi connectivity index (χ0v) is 14.7. The maximum atomic E-state index is 13.3. The van der Waals surface area contributed by atoms with Crippen molar-refractivity contribution in [2.75, 3.05) is 4.90 Å². The molecule has 2 aromatic rings. The Hall–Kier alpha value is -2.29. The van der Waals surface area contributed by atoms with Crippen molar-refractivity contribution in [2.45, 2.75) is 0 Å². The highest BCUT2D eigenvalue weighted by Crippen LogP contribution is 2.37. The Morgan fingerprint density at radius 1 is 1.24 bits per heavy atom. The number of hydrogen-bond acceptors (Lipinski definition) is 5. The van der Waals surface area contributed by atoms with Crippen molar-refractivity contribution >= 4 is 63.3 Å². The molecule has 0 spiro atoms. The number of nitro benzene ring substituents is 1. The molecule has 0 N–H and O–H groups in total. The molecule has 0 saturated carbocycles. The number of rotatable bonds is 3. The van der Waals surface area contributed by atoms with Crippen LogP contribution in [0.25, 0.3) is 6.08 Å². The predicted octanol–water partition coefficient (Wildman–Crippen LogP) is 4.79. The van der Waals surface area contributed by atoms with Crippen molar-refractivity contribution in [1.29, 1.82) is 0 Å². The summed E-state index contributed by atoms with van der Waals surface area (Å²) >= 11 is 12.1. The second-order valence-corrected chi connectivity index (χ2v) is 7.05. The molecule has 0 bridgehead atoms. The van der Waals surface area contributed by atoms with Crippen molar-refractivity contribution < 1.29 is 14.1 Å². The summed E-state index contributed by atoms with van der Waals surface area (Å²) in [5.41, 5.74) is 0.967. The number of nitrogens with zero attached hydrogens (tertiary/aromatic N) is 2. The monoisotopic (exact) mass is 394 g/mol. The molecular formula is C16H8ClFN2O3S2. The van der Waals surface area contributed by atoms with E-state index < -0.39 is 10.7 Å². The Bertz CT molecular complexity index is 931. The number of benzene rings is 2.